The molecule has 4 rings (SSSR count). The third-order valence-electron chi connectivity index (χ3n) is 4.75. The highest BCUT2D eigenvalue weighted by atomic mass is 16.5. The second-order valence-electron chi connectivity index (χ2n) is 7.00. The topological polar surface area (TPSA) is 120 Å². The molecule has 1 saturated heterocycles. The van der Waals surface area contributed by atoms with Gasteiger partial charge in [-0.2, -0.15) is 0 Å². The number of carbonyl (C=O) groups is 1. The lowest BCUT2D eigenvalue weighted by Gasteiger charge is -2.32. The molecule has 1 atom stereocenters. The van der Waals surface area contributed by atoms with Crippen LogP contribution < -0.4 is 15.8 Å². The number of rotatable bonds is 5. The number of fused-ring (bicyclic) bond motifs is 1. The highest BCUT2D eigenvalue weighted by Gasteiger charge is 2.18. The summed E-state index contributed by atoms with van der Waals surface area (Å²) in [6.07, 6.45) is 5.76. The van der Waals surface area contributed by atoms with Gasteiger partial charge in [0.05, 0.1) is 35.7 Å². The zero-order valence-corrected chi connectivity index (χ0v) is 16.3. The van der Waals surface area contributed by atoms with Crippen molar-refractivity contribution in [2.75, 3.05) is 29.9 Å². The maximum atomic E-state index is 12.4. The highest BCUT2D eigenvalue weighted by molar-refractivity contribution is 5.94. The van der Waals surface area contributed by atoms with Gasteiger partial charge in [-0.15, -0.1) is 0 Å². The van der Waals surface area contributed by atoms with Crippen molar-refractivity contribution in [3.63, 3.8) is 0 Å². The standard InChI is InChI=1S/C21H21N5O4/c1-13-12-26(8-9-30-13)17-4-2-16(11-23-17)25-20-19-14(6-7-22-21(19)29)10-15(24-20)3-5-18(27)28/h2-7,10-11,13H,8-9,12H2,1H3,(H,22,29)(H,24,25)(H,27,28). The van der Waals surface area contributed by atoms with Crippen LogP contribution in [0, 0.1) is 0 Å². The number of morpholine rings is 1. The molecule has 9 heteroatoms. The third-order valence-corrected chi connectivity index (χ3v) is 4.75. The molecule has 0 amide bonds. The number of nitrogens with zero attached hydrogens (tertiary/aromatic N) is 3. The molecular formula is C21H21N5O4. The number of pyridine rings is 3. The van der Waals surface area contributed by atoms with E-state index in [0.29, 0.717) is 34.6 Å². The van der Waals surface area contributed by atoms with Crippen LogP contribution in [0.25, 0.3) is 16.8 Å². The fraction of sp³-hybridized carbons (Fsp3) is 0.238. The maximum Gasteiger partial charge on any atom is 0.328 e. The summed E-state index contributed by atoms with van der Waals surface area (Å²) < 4.78 is 5.57. The number of aliphatic carboxylic acids is 1. The number of aromatic nitrogens is 3. The lowest BCUT2D eigenvalue weighted by atomic mass is 10.1. The SMILES string of the molecule is CC1CN(c2ccc(Nc3nc(C=CC(=O)O)cc4cc[nH]c(=O)c34)cn2)CCO1. The van der Waals surface area contributed by atoms with Gasteiger partial charge < -0.3 is 25.0 Å². The summed E-state index contributed by atoms with van der Waals surface area (Å²) in [5, 5.41) is 13.0. The zero-order valence-electron chi connectivity index (χ0n) is 16.3. The first-order chi connectivity index (χ1) is 14.5. The van der Waals surface area contributed by atoms with E-state index in [0.717, 1.165) is 25.0 Å². The maximum absolute atomic E-state index is 12.4. The Bertz CT molecular complexity index is 1160. The Balaban J connectivity index is 1.65. The quantitative estimate of drug-likeness (QED) is 0.552. The van der Waals surface area contributed by atoms with Crippen molar-refractivity contribution in [1.29, 1.82) is 0 Å². The van der Waals surface area contributed by atoms with Crippen LogP contribution in [-0.2, 0) is 9.53 Å². The van der Waals surface area contributed by atoms with E-state index in [1.807, 2.05) is 19.1 Å². The lowest BCUT2D eigenvalue weighted by Crippen LogP contribution is -2.41. The molecule has 4 heterocycles. The minimum atomic E-state index is -1.07. The van der Waals surface area contributed by atoms with E-state index in [-0.39, 0.29) is 11.7 Å². The van der Waals surface area contributed by atoms with Crippen molar-refractivity contribution in [3.05, 3.63) is 58.8 Å². The number of anilines is 3. The molecule has 0 aliphatic carbocycles. The molecule has 0 spiro atoms. The van der Waals surface area contributed by atoms with E-state index in [4.69, 9.17) is 9.84 Å². The summed E-state index contributed by atoms with van der Waals surface area (Å²) in [6, 6.07) is 7.17. The number of hydrogen-bond donors (Lipinski definition) is 3. The van der Waals surface area contributed by atoms with Crippen LogP contribution >= 0.6 is 0 Å². The summed E-state index contributed by atoms with van der Waals surface area (Å²) in [5.41, 5.74) is 0.796. The van der Waals surface area contributed by atoms with Crippen LogP contribution in [-0.4, -0.2) is 51.8 Å². The summed E-state index contributed by atoms with van der Waals surface area (Å²) in [4.78, 5) is 37.0. The average Bonchev–Trinajstić information content (AvgIpc) is 2.73. The minimum Gasteiger partial charge on any atom is -0.478 e. The minimum absolute atomic E-state index is 0.155. The van der Waals surface area contributed by atoms with Crippen molar-refractivity contribution in [2.24, 2.45) is 0 Å². The molecule has 3 aromatic rings. The van der Waals surface area contributed by atoms with E-state index in [1.165, 1.54) is 6.08 Å². The molecule has 1 fully saturated rings. The second kappa shape index (κ2) is 8.34. The summed E-state index contributed by atoms with van der Waals surface area (Å²) in [7, 11) is 0. The van der Waals surface area contributed by atoms with E-state index >= 15 is 0 Å². The third kappa shape index (κ3) is 4.31. The first-order valence-electron chi connectivity index (χ1n) is 9.52. The van der Waals surface area contributed by atoms with Gasteiger partial charge in [0.2, 0.25) is 0 Å². The molecule has 3 aromatic heterocycles. The first kappa shape index (κ1) is 19.6. The molecule has 0 bridgehead atoms. The van der Waals surface area contributed by atoms with Crippen molar-refractivity contribution < 1.29 is 14.6 Å². The van der Waals surface area contributed by atoms with Crippen LogP contribution in [0.15, 0.2) is 47.5 Å². The molecule has 0 aromatic carbocycles. The fourth-order valence-corrected chi connectivity index (χ4v) is 3.38. The predicted molar refractivity (Wildman–Crippen MR) is 114 cm³/mol. The van der Waals surface area contributed by atoms with Gasteiger partial charge >= 0.3 is 5.97 Å². The molecule has 30 heavy (non-hydrogen) atoms. The Morgan fingerprint density at radius 2 is 2.27 bits per heavy atom. The second-order valence-corrected chi connectivity index (χ2v) is 7.00. The van der Waals surface area contributed by atoms with Gasteiger partial charge in [-0.1, -0.05) is 0 Å². The van der Waals surface area contributed by atoms with E-state index in [1.54, 1.807) is 24.5 Å². The average molecular weight is 407 g/mol. The van der Waals surface area contributed by atoms with Crippen LogP contribution in [0.5, 0.6) is 0 Å². The van der Waals surface area contributed by atoms with Crippen LogP contribution in [0.3, 0.4) is 0 Å². The molecule has 0 saturated carbocycles. The largest absolute Gasteiger partial charge is 0.478 e. The smallest absolute Gasteiger partial charge is 0.328 e. The van der Waals surface area contributed by atoms with Gasteiger partial charge in [-0.05, 0) is 42.7 Å². The molecule has 1 aliphatic heterocycles. The predicted octanol–water partition coefficient (Wildman–Crippen LogP) is 2.38. The molecule has 9 nitrogen and oxygen atoms in total. The Morgan fingerprint density at radius 3 is 3.00 bits per heavy atom. The Kier molecular flexibility index (Phi) is 5.44. The van der Waals surface area contributed by atoms with Gasteiger partial charge in [-0.25, -0.2) is 14.8 Å². The summed E-state index contributed by atoms with van der Waals surface area (Å²) >= 11 is 0. The van der Waals surface area contributed by atoms with Crippen molar-refractivity contribution in [1.82, 2.24) is 15.0 Å². The van der Waals surface area contributed by atoms with Gasteiger partial charge in [0.15, 0.2) is 0 Å². The van der Waals surface area contributed by atoms with E-state index in [2.05, 4.69) is 25.2 Å². The summed E-state index contributed by atoms with van der Waals surface area (Å²) in [6.45, 7) is 4.25. The van der Waals surface area contributed by atoms with Crippen LogP contribution in [0.2, 0.25) is 0 Å². The Morgan fingerprint density at radius 1 is 1.40 bits per heavy atom. The van der Waals surface area contributed by atoms with Crippen LogP contribution in [0.1, 0.15) is 12.6 Å². The molecule has 0 radical (unpaired) electrons. The number of nitrogens with one attached hydrogen (secondary N) is 2. The van der Waals surface area contributed by atoms with Gasteiger partial charge in [0.25, 0.3) is 5.56 Å². The van der Waals surface area contributed by atoms with E-state index < -0.39 is 5.97 Å². The highest BCUT2D eigenvalue weighted by Crippen LogP contribution is 2.24. The molecule has 1 aliphatic rings. The number of ether oxygens (including phenoxy) is 1. The summed E-state index contributed by atoms with van der Waals surface area (Å²) in [5.74, 6) is 0.105. The van der Waals surface area contributed by atoms with Crippen molar-refractivity contribution >= 4 is 40.1 Å². The normalized spacial score (nSPS) is 16.8. The zero-order chi connectivity index (χ0) is 21.1. The van der Waals surface area contributed by atoms with Gasteiger partial charge in [0.1, 0.15) is 11.6 Å². The van der Waals surface area contributed by atoms with Crippen LogP contribution in [0.4, 0.5) is 17.3 Å². The number of H-pyrrole nitrogens is 1. The Labute approximate surface area is 172 Å². The monoisotopic (exact) mass is 407 g/mol. The number of aromatic amines is 1. The van der Waals surface area contributed by atoms with Crippen molar-refractivity contribution in [2.45, 2.75) is 13.0 Å². The molecule has 1 unspecified atom stereocenters. The Hall–Kier alpha value is -3.72. The molecule has 3 N–H and O–H groups in total. The van der Waals surface area contributed by atoms with E-state index in [9.17, 15) is 9.59 Å². The lowest BCUT2D eigenvalue weighted by molar-refractivity contribution is -0.131. The van der Waals surface area contributed by atoms with Gasteiger partial charge in [0, 0.05) is 25.4 Å². The molecular weight excluding hydrogens is 386 g/mol. The number of carboxylic acids is 1. The van der Waals surface area contributed by atoms with Gasteiger partial charge in [-0.3, -0.25) is 4.79 Å². The number of carboxylic acid groups (broad SMARTS) is 1. The van der Waals surface area contributed by atoms with Crippen molar-refractivity contribution in [3.8, 4) is 0 Å². The fourth-order valence-electron chi connectivity index (χ4n) is 3.38. The first-order valence-corrected chi connectivity index (χ1v) is 9.52. The molecule has 154 valence electrons. The number of hydrogen-bond acceptors (Lipinski definition) is 7.